The van der Waals surface area contributed by atoms with Crippen molar-refractivity contribution >= 4 is 11.8 Å². The molecular formula is C22H19F6N3O2. The van der Waals surface area contributed by atoms with E-state index in [-0.39, 0.29) is 44.5 Å². The molecule has 11 heteroatoms. The standard InChI is InChI=1S/C22H19F6N3O2/c23-21(24,25)16-5-1-14(2-6-16)9-30-11-18(32)31(20(19(30)33)12-29-13-20)10-15-3-7-17(8-4-15)22(26,27)28/h1-8,29H,9-13H2. The lowest BCUT2D eigenvalue weighted by atomic mass is 9.85. The van der Waals surface area contributed by atoms with Gasteiger partial charge in [-0.15, -0.1) is 0 Å². The number of halogens is 6. The summed E-state index contributed by atoms with van der Waals surface area (Å²) in [7, 11) is 0. The first-order valence-electron chi connectivity index (χ1n) is 10.0. The van der Waals surface area contributed by atoms with E-state index in [1.54, 1.807) is 0 Å². The van der Waals surface area contributed by atoms with Gasteiger partial charge in [0.2, 0.25) is 5.91 Å². The normalized spacial score (nSPS) is 18.6. The Bertz CT molecular complexity index is 1040. The molecule has 0 saturated carbocycles. The van der Waals surface area contributed by atoms with Gasteiger partial charge in [0, 0.05) is 26.2 Å². The van der Waals surface area contributed by atoms with Crippen LogP contribution in [0.25, 0.3) is 0 Å². The minimum Gasteiger partial charge on any atom is -0.327 e. The third kappa shape index (κ3) is 4.41. The lowest BCUT2D eigenvalue weighted by molar-refractivity contribution is -0.170. The molecule has 1 N–H and O–H groups in total. The van der Waals surface area contributed by atoms with E-state index in [1.165, 1.54) is 34.1 Å². The van der Waals surface area contributed by atoms with Gasteiger partial charge >= 0.3 is 12.4 Å². The molecule has 1 spiro atoms. The summed E-state index contributed by atoms with van der Waals surface area (Å²) < 4.78 is 76.7. The van der Waals surface area contributed by atoms with Crippen LogP contribution < -0.4 is 5.32 Å². The average molecular weight is 471 g/mol. The second-order valence-corrected chi connectivity index (χ2v) is 8.17. The number of piperazine rings is 1. The predicted molar refractivity (Wildman–Crippen MR) is 104 cm³/mol. The van der Waals surface area contributed by atoms with Crippen molar-refractivity contribution in [3.8, 4) is 0 Å². The van der Waals surface area contributed by atoms with Gasteiger partial charge in [-0.3, -0.25) is 9.59 Å². The van der Waals surface area contributed by atoms with Crippen molar-refractivity contribution in [2.24, 2.45) is 0 Å². The molecular weight excluding hydrogens is 452 g/mol. The van der Waals surface area contributed by atoms with Gasteiger partial charge in [-0.25, -0.2) is 0 Å². The fourth-order valence-corrected chi connectivity index (χ4v) is 4.04. The summed E-state index contributed by atoms with van der Waals surface area (Å²) in [6, 6.07) is 8.76. The maximum absolute atomic E-state index is 13.3. The average Bonchev–Trinajstić information content (AvgIpc) is 2.70. The fraction of sp³-hybridized carbons (Fsp3) is 0.364. The van der Waals surface area contributed by atoms with Gasteiger partial charge < -0.3 is 15.1 Å². The predicted octanol–water partition coefficient (Wildman–Crippen LogP) is 3.44. The highest BCUT2D eigenvalue weighted by Gasteiger charge is 2.56. The molecule has 2 amide bonds. The number of rotatable bonds is 4. The van der Waals surface area contributed by atoms with E-state index in [2.05, 4.69) is 5.32 Å². The minimum absolute atomic E-state index is 0.0292. The maximum Gasteiger partial charge on any atom is 0.416 e. The van der Waals surface area contributed by atoms with Crippen LogP contribution in [0.15, 0.2) is 48.5 Å². The highest BCUT2D eigenvalue weighted by Crippen LogP contribution is 2.33. The van der Waals surface area contributed by atoms with E-state index < -0.39 is 29.0 Å². The summed E-state index contributed by atoms with van der Waals surface area (Å²) in [5, 5.41) is 2.96. The van der Waals surface area contributed by atoms with Crippen molar-refractivity contribution in [3.63, 3.8) is 0 Å². The van der Waals surface area contributed by atoms with E-state index in [9.17, 15) is 35.9 Å². The van der Waals surface area contributed by atoms with E-state index in [0.29, 0.717) is 11.1 Å². The number of hydrogen-bond acceptors (Lipinski definition) is 3. The van der Waals surface area contributed by atoms with Crippen molar-refractivity contribution in [1.82, 2.24) is 15.1 Å². The Hall–Kier alpha value is -3.08. The topological polar surface area (TPSA) is 52.7 Å². The van der Waals surface area contributed by atoms with Crippen molar-refractivity contribution in [2.75, 3.05) is 19.6 Å². The molecule has 2 saturated heterocycles. The zero-order chi connectivity index (χ0) is 24.0. The number of alkyl halides is 6. The molecule has 0 atom stereocenters. The summed E-state index contributed by atoms with van der Waals surface area (Å²) >= 11 is 0. The number of nitrogens with one attached hydrogen (secondary N) is 1. The molecule has 4 rings (SSSR count). The Morgan fingerprint density at radius 2 is 1.21 bits per heavy atom. The molecule has 2 aromatic carbocycles. The molecule has 0 unspecified atom stereocenters. The van der Waals surface area contributed by atoms with Crippen LogP contribution >= 0.6 is 0 Å². The van der Waals surface area contributed by atoms with Gasteiger partial charge in [0.05, 0.1) is 11.1 Å². The lowest BCUT2D eigenvalue weighted by Gasteiger charge is -2.54. The van der Waals surface area contributed by atoms with Crippen LogP contribution in [0.4, 0.5) is 26.3 Å². The van der Waals surface area contributed by atoms with Crippen LogP contribution in [0.5, 0.6) is 0 Å². The molecule has 176 valence electrons. The van der Waals surface area contributed by atoms with Gasteiger partial charge in [-0.2, -0.15) is 26.3 Å². The molecule has 0 radical (unpaired) electrons. The maximum atomic E-state index is 13.3. The van der Waals surface area contributed by atoms with Crippen molar-refractivity contribution in [3.05, 3.63) is 70.8 Å². The molecule has 0 aromatic heterocycles. The second-order valence-electron chi connectivity index (χ2n) is 8.17. The zero-order valence-electron chi connectivity index (χ0n) is 17.1. The second kappa shape index (κ2) is 8.05. The third-order valence-corrected chi connectivity index (χ3v) is 5.94. The van der Waals surface area contributed by atoms with Crippen molar-refractivity contribution < 1.29 is 35.9 Å². The van der Waals surface area contributed by atoms with Gasteiger partial charge in [-0.1, -0.05) is 24.3 Å². The molecule has 2 aliphatic rings. The zero-order valence-corrected chi connectivity index (χ0v) is 17.1. The summed E-state index contributed by atoms with van der Waals surface area (Å²) in [6.07, 6.45) is -8.96. The van der Waals surface area contributed by atoms with Gasteiger partial charge in [-0.05, 0) is 35.4 Å². The smallest absolute Gasteiger partial charge is 0.327 e. The van der Waals surface area contributed by atoms with Crippen LogP contribution in [0.2, 0.25) is 0 Å². The lowest BCUT2D eigenvalue weighted by Crippen LogP contribution is -2.79. The highest BCUT2D eigenvalue weighted by atomic mass is 19.4. The van der Waals surface area contributed by atoms with Crippen LogP contribution in [0.1, 0.15) is 22.3 Å². The first-order chi connectivity index (χ1) is 15.4. The minimum atomic E-state index is -4.48. The summed E-state index contributed by atoms with van der Waals surface area (Å²) in [6.45, 7) is 0.0305. The monoisotopic (exact) mass is 471 g/mol. The number of carbonyl (C=O) groups is 2. The number of nitrogens with zero attached hydrogens (tertiary/aromatic N) is 2. The molecule has 33 heavy (non-hydrogen) atoms. The Balaban J connectivity index is 1.51. The molecule has 0 aliphatic carbocycles. The van der Waals surface area contributed by atoms with Gasteiger partial charge in [0.1, 0.15) is 12.1 Å². The van der Waals surface area contributed by atoms with E-state index in [0.717, 1.165) is 24.3 Å². The molecule has 0 bridgehead atoms. The number of carbonyl (C=O) groups excluding carboxylic acids is 2. The van der Waals surface area contributed by atoms with Crippen LogP contribution in [0.3, 0.4) is 0 Å². The van der Waals surface area contributed by atoms with Gasteiger partial charge in [0.15, 0.2) is 0 Å². The van der Waals surface area contributed by atoms with Gasteiger partial charge in [0.25, 0.3) is 5.91 Å². The first-order valence-corrected chi connectivity index (χ1v) is 10.0. The largest absolute Gasteiger partial charge is 0.416 e. The highest BCUT2D eigenvalue weighted by molar-refractivity contribution is 5.99. The van der Waals surface area contributed by atoms with Crippen molar-refractivity contribution in [1.29, 1.82) is 0 Å². The van der Waals surface area contributed by atoms with E-state index in [4.69, 9.17) is 0 Å². The number of hydrogen-bond donors (Lipinski definition) is 1. The number of benzene rings is 2. The summed E-state index contributed by atoms with van der Waals surface area (Å²) in [5.74, 6) is -0.740. The summed E-state index contributed by atoms with van der Waals surface area (Å²) in [4.78, 5) is 28.9. The van der Waals surface area contributed by atoms with Crippen LogP contribution in [-0.2, 0) is 35.0 Å². The first kappa shape index (κ1) is 23.1. The fourth-order valence-electron chi connectivity index (χ4n) is 4.04. The summed E-state index contributed by atoms with van der Waals surface area (Å²) in [5.41, 5.74) is -1.90. The molecule has 2 aliphatic heterocycles. The third-order valence-electron chi connectivity index (χ3n) is 5.94. The van der Waals surface area contributed by atoms with E-state index in [1.807, 2.05) is 0 Å². The van der Waals surface area contributed by atoms with Crippen molar-refractivity contribution in [2.45, 2.75) is 31.0 Å². The van der Waals surface area contributed by atoms with E-state index >= 15 is 0 Å². The molecule has 2 heterocycles. The molecule has 5 nitrogen and oxygen atoms in total. The SMILES string of the molecule is O=C1CN(Cc2ccc(C(F)(F)F)cc2)C(=O)C2(CNC2)N1Cc1ccc(C(F)(F)F)cc1. The van der Waals surface area contributed by atoms with Crippen LogP contribution in [-0.4, -0.2) is 46.8 Å². The number of amides is 2. The quantitative estimate of drug-likeness (QED) is 0.696. The Morgan fingerprint density at radius 3 is 1.61 bits per heavy atom. The Labute approximate surface area is 185 Å². The molecule has 2 fully saturated rings. The Kier molecular flexibility index (Phi) is 5.63. The molecule has 2 aromatic rings. The Morgan fingerprint density at radius 1 is 0.758 bits per heavy atom. The van der Waals surface area contributed by atoms with Crippen LogP contribution in [0, 0.1) is 0 Å².